The van der Waals surface area contributed by atoms with Crippen molar-refractivity contribution in [3.05, 3.63) is 70.3 Å². The lowest BCUT2D eigenvalue weighted by molar-refractivity contribution is -0.119. The summed E-state index contributed by atoms with van der Waals surface area (Å²) in [5.41, 5.74) is 1.24. The SMILES string of the molecule is COCCn1c(SCC(=O)N[C@@H](C)c2ccc(F)cc2)nc2ccccc2c1=O. The zero-order valence-corrected chi connectivity index (χ0v) is 17.0. The highest BCUT2D eigenvalue weighted by Gasteiger charge is 2.15. The molecule has 0 fully saturated rings. The second-order valence-corrected chi connectivity index (χ2v) is 7.43. The number of para-hydroxylation sites is 1. The van der Waals surface area contributed by atoms with Gasteiger partial charge in [0, 0.05) is 7.11 Å². The van der Waals surface area contributed by atoms with Crippen LogP contribution in [0.5, 0.6) is 0 Å². The number of thioether (sulfide) groups is 1. The minimum absolute atomic E-state index is 0.100. The Morgan fingerprint density at radius 1 is 1.24 bits per heavy atom. The summed E-state index contributed by atoms with van der Waals surface area (Å²) in [7, 11) is 1.57. The maximum absolute atomic E-state index is 13.1. The predicted molar refractivity (Wildman–Crippen MR) is 112 cm³/mol. The predicted octanol–water partition coefficient (Wildman–Crippen LogP) is 3.15. The van der Waals surface area contributed by atoms with Gasteiger partial charge in [-0.3, -0.25) is 14.2 Å². The quantitative estimate of drug-likeness (QED) is 0.452. The average Bonchev–Trinajstić information content (AvgIpc) is 2.72. The highest BCUT2D eigenvalue weighted by molar-refractivity contribution is 7.99. The number of nitrogens with one attached hydrogen (secondary N) is 1. The monoisotopic (exact) mass is 415 g/mol. The molecule has 6 nitrogen and oxygen atoms in total. The second-order valence-electron chi connectivity index (χ2n) is 6.49. The van der Waals surface area contributed by atoms with E-state index in [0.29, 0.717) is 29.2 Å². The van der Waals surface area contributed by atoms with Crippen molar-refractivity contribution in [2.75, 3.05) is 19.5 Å². The summed E-state index contributed by atoms with van der Waals surface area (Å²) in [6.45, 7) is 2.54. The first kappa shape index (κ1) is 21.0. The van der Waals surface area contributed by atoms with E-state index in [9.17, 15) is 14.0 Å². The highest BCUT2D eigenvalue weighted by atomic mass is 32.2. The van der Waals surface area contributed by atoms with Crippen molar-refractivity contribution in [2.45, 2.75) is 24.7 Å². The summed E-state index contributed by atoms with van der Waals surface area (Å²) in [5, 5.41) is 3.88. The number of amides is 1. The Bertz CT molecular complexity index is 1050. The Kier molecular flexibility index (Phi) is 7.00. The van der Waals surface area contributed by atoms with Gasteiger partial charge in [0.15, 0.2) is 5.16 Å². The largest absolute Gasteiger partial charge is 0.383 e. The Labute approximate surface area is 172 Å². The van der Waals surface area contributed by atoms with Crippen molar-refractivity contribution in [1.82, 2.24) is 14.9 Å². The van der Waals surface area contributed by atoms with E-state index < -0.39 is 0 Å². The molecule has 1 aromatic heterocycles. The number of ether oxygens (including phenoxy) is 1. The number of rotatable bonds is 8. The summed E-state index contributed by atoms with van der Waals surface area (Å²) in [6.07, 6.45) is 0. The van der Waals surface area contributed by atoms with Crippen LogP contribution in [0.2, 0.25) is 0 Å². The lowest BCUT2D eigenvalue weighted by atomic mass is 10.1. The number of methoxy groups -OCH3 is 1. The van der Waals surface area contributed by atoms with E-state index in [-0.39, 0.29) is 29.1 Å². The fourth-order valence-electron chi connectivity index (χ4n) is 2.89. The normalized spacial score (nSPS) is 12.1. The molecular formula is C21H22FN3O3S. The zero-order chi connectivity index (χ0) is 20.8. The lowest BCUT2D eigenvalue weighted by Gasteiger charge is -2.15. The van der Waals surface area contributed by atoms with Crippen molar-refractivity contribution in [1.29, 1.82) is 0 Å². The molecule has 0 saturated heterocycles. The van der Waals surface area contributed by atoms with Gasteiger partial charge in [0.1, 0.15) is 5.82 Å². The number of carbonyl (C=O) groups excluding carboxylic acids is 1. The van der Waals surface area contributed by atoms with Gasteiger partial charge in [0.2, 0.25) is 5.91 Å². The van der Waals surface area contributed by atoms with Crippen LogP contribution in [0.1, 0.15) is 18.5 Å². The number of fused-ring (bicyclic) bond motifs is 1. The Morgan fingerprint density at radius 3 is 2.69 bits per heavy atom. The van der Waals surface area contributed by atoms with Crippen LogP contribution in [0.4, 0.5) is 4.39 Å². The first-order chi connectivity index (χ1) is 14.0. The topological polar surface area (TPSA) is 73.2 Å². The third-order valence-electron chi connectivity index (χ3n) is 4.43. The number of halogens is 1. The van der Waals surface area contributed by atoms with Crippen LogP contribution >= 0.6 is 11.8 Å². The van der Waals surface area contributed by atoms with E-state index in [0.717, 1.165) is 5.56 Å². The molecule has 29 heavy (non-hydrogen) atoms. The molecule has 0 aliphatic carbocycles. The Balaban J connectivity index is 1.74. The van der Waals surface area contributed by atoms with Crippen molar-refractivity contribution >= 4 is 28.6 Å². The van der Waals surface area contributed by atoms with Gasteiger partial charge in [-0.1, -0.05) is 36.0 Å². The number of benzene rings is 2. The number of hydrogen-bond acceptors (Lipinski definition) is 5. The minimum atomic E-state index is -0.320. The fourth-order valence-corrected chi connectivity index (χ4v) is 3.72. The highest BCUT2D eigenvalue weighted by Crippen LogP contribution is 2.19. The standard InChI is InChI=1S/C21H22FN3O3S/c1-14(15-7-9-16(22)10-8-15)23-19(26)13-29-21-24-18-6-4-3-5-17(18)20(27)25(21)11-12-28-2/h3-10,14H,11-13H2,1-2H3,(H,23,26)/t14-/m0/s1. The van der Waals surface area contributed by atoms with E-state index in [2.05, 4.69) is 10.3 Å². The first-order valence-corrected chi connectivity index (χ1v) is 10.1. The molecule has 2 aromatic carbocycles. The number of carbonyl (C=O) groups is 1. The third kappa shape index (κ3) is 5.21. The molecule has 1 N–H and O–H groups in total. The Morgan fingerprint density at radius 2 is 1.97 bits per heavy atom. The van der Waals surface area contributed by atoms with E-state index in [1.165, 1.54) is 28.5 Å². The number of aromatic nitrogens is 2. The fraction of sp³-hybridized carbons (Fsp3) is 0.286. The second kappa shape index (κ2) is 9.67. The molecule has 0 aliphatic rings. The van der Waals surface area contributed by atoms with Crippen LogP contribution in [-0.2, 0) is 16.1 Å². The van der Waals surface area contributed by atoms with Crippen LogP contribution in [0.15, 0.2) is 58.5 Å². The summed E-state index contributed by atoms with van der Waals surface area (Å²) in [4.78, 5) is 29.8. The molecule has 8 heteroatoms. The van der Waals surface area contributed by atoms with Crippen molar-refractivity contribution < 1.29 is 13.9 Å². The van der Waals surface area contributed by atoms with Crippen molar-refractivity contribution in [3.8, 4) is 0 Å². The molecule has 3 aromatic rings. The molecule has 0 unspecified atom stereocenters. The summed E-state index contributed by atoms with van der Waals surface area (Å²) in [5.74, 6) is -0.421. The molecule has 1 atom stereocenters. The molecule has 0 radical (unpaired) electrons. The van der Waals surface area contributed by atoms with Crippen LogP contribution in [0.3, 0.4) is 0 Å². The minimum Gasteiger partial charge on any atom is -0.383 e. The maximum atomic E-state index is 13.1. The van der Waals surface area contributed by atoms with E-state index >= 15 is 0 Å². The summed E-state index contributed by atoms with van der Waals surface area (Å²) < 4.78 is 19.7. The van der Waals surface area contributed by atoms with Gasteiger partial charge in [0.25, 0.3) is 5.56 Å². The van der Waals surface area contributed by atoms with Gasteiger partial charge in [0.05, 0.1) is 35.8 Å². The van der Waals surface area contributed by atoms with E-state index in [1.54, 1.807) is 37.4 Å². The maximum Gasteiger partial charge on any atom is 0.262 e. The van der Waals surface area contributed by atoms with Crippen LogP contribution in [0.25, 0.3) is 10.9 Å². The average molecular weight is 415 g/mol. The van der Waals surface area contributed by atoms with Crippen LogP contribution < -0.4 is 10.9 Å². The molecular weight excluding hydrogens is 393 g/mol. The number of hydrogen-bond donors (Lipinski definition) is 1. The van der Waals surface area contributed by atoms with Crippen molar-refractivity contribution in [2.24, 2.45) is 0 Å². The smallest absolute Gasteiger partial charge is 0.262 e. The first-order valence-electron chi connectivity index (χ1n) is 9.15. The van der Waals surface area contributed by atoms with Gasteiger partial charge < -0.3 is 10.1 Å². The van der Waals surface area contributed by atoms with Crippen LogP contribution in [0, 0.1) is 5.82 Å². The van der Waals surface area contributed by atoms with Gasteiger partial charge in [-0.2, -0.15) is 0 Å². The molecule has 1 heterocycles. The molecule has 1 amide bonds. The molecule has 0 saturated carbocycles. The summed E-state index contributed by atoms with van der Waals surface area (Å²) in [6, 6.07) is 12.9. The van der Waals surface area contributed by atoms with Gasteiger partial charge in [-0.25, -0.2) is 9.37 Å². The molecule has 0 aliphatic heterocycles. The molecule has 0 bridgehead atoms. The lowest BCUT2D eigenvalue weighted by Crippen LogP contribution is -2.29. The molecule has 3 rings (SSSR count). The third-order valence-corrected chi connectivity index (χ3v) is 5.40. The van der Waals surface area contributed by atoms with Gasteiger partial charge >= 0.3 is 0 Å². The summed E-state index contributed by atoms with van der Waals surface area (Å²) >= 11 is 1.20. The van der Waals surface area contributed by atoms with Gasteiger partial charge in [-0.05, 0) is 36.8 Å². The molecule has 152 valence electrons. The van der Waals surface area contributed by atoms with Crippen LogP contribution in [-0.4, -0.2) is 34.9 Å². The zero-order valence-electron chi connectivity index (χ0n) is 16.2. The van der Waals surface area contributed by atoms with E-state index in [4.69, 9.17) is 4.74 Å². The Hall–Kier alpha value is -2.71. The number of nitrogens with zero attached hydrogens (tertiary/aromatic N) is 2. The van der Waals surface area contributed by atoms with E-state index in [1.807, 2.05) is 13.0 Å². The molecule has 0 spiro atoms. The van der Waals surface area contributed by atoms with Crippen molar-refractivity contribution in [3.63, 3.8) is 0 Å². The van der Waals surface area contributed by atoms with Gasteiger partial charge in [-0.15, -0.1) is 0 Å².